The van der Waals surface area contributed by atoms with Gasteiger partial charge in [0.25, 0.3) is 0 Å². The summed E-state index contributed by atoms with van der Waals surface area (Å²) in [7, 11) is 0. The lowest BCUT2D eigenvalue weighted by molar-refractivity contribution is -0.253. The topological polar surface area (TPSA) is 46.2 Å². The maximum absolute atomic E-state index is 12.5. The summed E-state index contributed by atoms with van der Waals surface area (Å²) >= 11 is 0. The van der Waals surface area contributed by atoms with E-state index in [1.54, 1.807) is 0 Å². The fraction of sp³-hybridized carbons (Fsp3) is 0.400. The average Bonchev–Trinajstić information content (AvgIpc) is 2.16. The number of hydrogen-bond donors (Lipinski definition) is 2. The summed E-state index contributed by atoms with van der Waals surface area (Å²) in [5, 5.41) is 9.04. The van der Waals surface area contributed by atoms with Crippen molar-refractivity contribution in [3.8, 4) is 5.75 Å². The molecule has 11 heteroatoms. The third kappa shape index (κ3) is 3.64. The Balaban J connectivity index is 3.59. The van der Waals surface area contributed by atoms with Crippen LogP contribution in [0.5, 0.6) is 5.75 Å². The third-order valence-corrected chi connectivity index (χ3v) is 2.46. The molecule has 1 rings (SSSR count). The lowest BCUT2D eigenvalue weighted by atomic mass is 9.94. The van der Waals surface area contributed by atoms with E-state index in [0.717, 1.165) is 0 Å². The number of phenolic OH excluding ortho intramolecular Hbond substituents is 1. The molecule has 120 valence electrons. The first-order valence-corrected chi connectivity index (χ1v) is 4.98. The van der Waals surface area contributed by atoms with Crippen LogP contribution in [-0.2, 0) is 6.18 Å². The van der Waals surface area contributed by atoms with Gasteiger partial charge in [0.2, 0.25) is 0 Å². The smallest absolute Gasteiger partial charge is 0.420 e. The number of rotatable bonds is 1. The van der Waals surface area contributed by atoms with Gasteiger partial charge in [-0.15, -0.1) is 0 Å². The van der Waals surface area contributed by atoms with Crippen LogP contribution >= 0.6 is 0 Å². The fourth-order valence-electron chi connectivity index (χ4n) is 1.63. The monoisotopic (exact) mass is 327 g/mol. The molecule has 0 bridgehead atoms. The van der Waals surface area contributed by atoms with E-state index < -0.39 is 53.1 Å². The quantitative estimate of drug-likeness (QED) is 0.461. The van der Waals surface area contributed by atoms with Gasteiger partial charge in [-0.1, -0.05) is 0 Å². The Bertz CT molecular complexity index is 515. The maximum atomic E-state index is 12.5. The van der Waals surface area contributed by atoms with Crippen LogP contribution in [0.1, 0.15) is 17.0 Å². The highest BCUT2D eigenvalue weighted by Gasteiger charge is 2.58. The van der Waals surface area contributed by atoms with Gasteiger partial charge in [-0.05, 0) is 17.7 Å². The first-order valence-electron chi connectivity index (χ1n) is 4.98. The molecule has 0 saturated carbocycles. The average molecular weight is 327 g/mol. The molecule has 0 heterocycles. The first-order chi connectivity index (χ1) is 9.15. The number of nitrogen functional groups attached to an aromatic ring is 1. The van der Waals surface area contributed by atoms with Crippen molar-refractivity contribution in [1.82, 2.24) is 0 Å². The lowest BCUT2D eigenvalue weighted by Crippen LogP contribution is -2.34. The Morgan fingerprint density at radius 2 is 1.29 bits per heavy atom. The zero-order valence-electron chi connectivity index (χ0n) is 9.66. The van der Waals surface area contributed by atoms with E-state index in [1.807, 2.05) is 0 Å². The summed E-state index contributed by atoms with van der Waals surface area (Å²) in [5.74, 6) is -5.77. The molecule has 0 spiro atoms. The number of benzene rings is 1. The van der Waals surface area contributed by atoms with Gasteiger partial charge in [0.05, 0.1) is 11.3 Å². The highest BCUT2D eigenvalue weighted by Crippen LogP contribution is 2.49. The molecule has 2 nitrogen and oxygen atoms in total. The SMILES string of the molecule is Nc1cc(C(C(F)(F)F)C(F)(F)F)cc(C(F)(F)F)c1O. The van der Waals surface area contributed by atoms with Crippen molar-refractivity contribution in [1.29, 1.82) is 0 Å². The summed E-state index contributed by atoms with van der Waals surface area (Å²) in [5.41, 5.74) is -0.205. The van der Waals surface area contributed by atoms with Crippen molar-refractivity contribution in [3.05, 3.63) is 23.3 Å². The van der Waals surface area contributed by atoms with Crippen LogP contribution in [0.4, 0.5) is 45.2 Å². The van der Waals surface area contributed by atoms with Gasteiger partial charge < -0.3 is 10.8 Å². The Kier molecular flexibility index (Phi) is 4.01. The van der Waals surface area contributed by atoms with Gasteiger partial charge in [-0.3, -0.25) is 0 Å². The zero-order chi connectivity index (χ0) is 16.8. The van der Waals surface area contributed by atoms with Crippen LogP contribution in [0.25, 0.3) is 0 Å². The molecule has 3 N–H and O–H groups in total. The number of alkyl halides is 9. The molecule has 0 aromatic heterocycles. The van der Waals surface area contributed by atoms with Crippen molar-refractivity contribution < 1.29 is 44.6 Å². The van der Waals surface area contributed by atoms with Crippen molar-refractivity contribution in [3.63, 3.8) is 0 Å². The van der Waals surface area contributed by atoms with E-state index in [9.17, 15) is 39.5 Å². The van der Waals surface area contributed by atoms with Crippen LogP contribution in [0.2, 0.25) is 0 Å². The second kappa shape index (κ2) is 4.88. The van der Waals surface area contributed by atoms with E-state index in [1.165, 1.54) is 0 Å². The first kappa shape index (κ1) is 17.2. The summed E-state index contributed by atoms with van der Waals surface area (Å²) < 4.78 is 112. The van der Waals surface area contributed by atoms with Crippen LogP contribution < -0.4 is 5.73 Å². The minimum atomic E-state index is -5.87. The summed E-state index contributed by atoms with van der Waals surface area (Å²) in [6.07, 6.45) is -17.1. The van der Waals surface area contributed by atoms with Gasteiger partial charge in [-0.2, -0.15) is 39.5 Å². The number of hydrogen-bond acceptors (Lipinski definition) is 2. The van der Waals surface area contributed by atoms with Crippen molar-refractivity contribution in [2.45, 2.75) is 24.4 Å². The Morgan fingerprint density at radius 1 is 0.857 bits per heavy atom. The molecule has 0 aliphatic carbocycles. The molecular formula is C10H6F9NO. The minimum Gasteiger partial charge on any atom is -0.505 e. The van der Waals surface area contributed by atoms with Gasteiger partial charge in [0.15, 0.2) is 11.7 Å². The highest BCUT2D eigenvalue weighted by atomic mass is 19.4. The Hall–Kier alpha value is -1.81. The molecule has 0 saturated heterocycles. The molecule has 1 aromatic carbocycles. The van der Waals surface area contributed by atoms with Crippen LogP contribution in [0.3, 0.4) is 0 Å². The Morgan fingerprint density at radius 3 is 1.62 bits per heavy atom. The largest absolute Gasteiger partial charge is 0.505 e. The molecule has 0 radical (unpaired) electrons. The summed E-state index contributed by atoms with van der Waals surface area (Å²) in [6.45, 7) is 0. The number of anilines is 1. The standard InChI is InChI=1S/C10H6F9NO/c11-8(12,13)4-1-3(2-5(20)6(4)21)7(9(14,15)16)10(17,18)19/h1-2,7,21H,20H2. The second-order valence-electron chi connectivity index (χ2n) is 4.02. The van der Waals surface area contributed by atoms with Crippen LogP contribution in [-0.4, -0.2) is 17.5 Å². The maximum Gasteiger partial charge on any atom is 0.420 e. The minimum absolute atomic E-state index is 0.0101. The zero-order valence-corrected chi connectivity index (χ0v) is 9.66. The third-order valence-electron chi connectivity index (χ3n) is 2.46. The lowest BCUT2D eigenvalue weighted by Gasteiger charge is -2.24. The molecule has 0 atom stereocenters. The molecule has 0 fully saturated rings. The van der Waals surface area contributed by atoms with Gasteiger partial charge in [-0.25, -0.2) is 0 Å². The van der Waals surface area contributed by atoms with Gasteiger partial charge >= 0.3 is 18.5 Å². The number of halogens is 9. The van der Waals surface area contributed by atoms with Gasteiger partial charge in [0, 0.05) is 0 Å². The fourth-order valence-corrected chi connectivity index (χ4v) is 1.63. The van der Waals surface area contributed by atoms with E-state index >= 15 is 0 Å². The predicted molar refractivity (Wildman–Crippen MR) is 52.4 cm³/mol. The molecule has 0 amide bonds. The normalized spacial score (nSPS) is 13.8. The van der Waals surface area contributed by atoms with E-state index in [0.29, 0.717) is 0 Å². The molecule has 0 unspecified atom stereocenters. The van der Waals surface area contributed by atoms with Crippen molar-refractivity contribution in [2.75, 3.05) is 5.73 Å². The Labute approximate surface area is 111 Å². The van der Waals surface area contributed by atoms with Gasteiger partial charge in [0.1, 0.15) is 0 Å². The number of aromatic hydroxyl groups is 1. The van der Waals surface area contributed by atoms with Crippen LogP contribution in [0.15, 0.2) is 12.1 Å². The highest BCUT2D eigenvalue weighted by molar-refractivity contribution is 5.59. The van der Waals surface area contributed by atoms with Crippen molar-refractivity contribution >= 4 is 5.69 Å². The summed E-state index contributed by atoms with van der Waals surface area (Å²) in [4.78, 5) is 0. The molecule has 1 aromatic rings. The van der Waals surface area contributed by atoms with E-state index in [-0.39, 0.29) is 6.07 Å². The van der Waals surface area contributed by atoms with Crippen molar-refractivity contribution in [2.24, 2.45) is 0 Å². The van der Waals surface area contributed by atoms with E-state index in [4.69, 9.17) is 10.8 Å². The van der Waals surface area contributed by atoms with E-state index in [2.05, 4.69) is 0 Å². The molecule has 0 aliphatic heterocycles. The second-order valence-corrected chi connectivity index (χ2v) is 4.02. The number of nitrogens with two attached hydrogens (primary N) is 1. The summed E-state index contributed by atoms with van der Waals surface area (Å²) in [6, 6.07) is -0.409. The molecular weight excluding hydrogens is 321 g/mol. The predicted octanol–water partition coefficient (Wildman–Crippen LogP) is 4.20. The van der Waals surface area contributed by atoms with Crippen LogP contribution in [0, 0.1) is 0 Å². The molecule has 0 aliphatic rings. The number of phenols is 1. The molecule has 21 heavy (non-hydrogen) atoms.